The average Bonchev–Trinajstić information content (AvgIpc) is 3.02. The van der Waals surface area contributed by atoms with Crippen molar-refractivity contribution in [3.63, 3.8) is 0 Å². The monoisotopic (exact) mass is 404 g/mol. The summed E-state index contributed by atoms with van der Waals surface area (Å²) in [5, 5.41) is 2.48. The third kappa shape index (κ3) is 3.92. The molecule has 0 radical (unpaired) electrons. The molecule has 1 aliphatic rings. The van der Waals surface area contributed by atoms with E-state index in [0.717, 1.165) is 11.5 Å². The third-order valence-corrected chi connectivity index (χ3v) is 7.77. The Kier molecular flexibility index (Phi) is 5.42. The van der Waals surface area contributed by atoms with Gasteiger partial charge in [0.15, 0.2) is 0 Å². The van der Waals surface area contributed by atoms with Crippen LogP contribution in [0, 0.1) is 41.5 Å². The van der Waals surface area contributed by atoms with Crippen molar-refractivity contribution in [2.45, 2.75) is 41.5 Å². The maximum Gasteiger partial charge on any atom is 0.792 e. The van der Waals surface area contributed by atoms with Crippen LogP contribution < -0.4 is 19.9 Å². The lowest BCUT2D eigenvalue weighted by Gasteiger charge is -2.26. The molecule has 4 rings (SSSR count). The van der Waals surface area contributed by atoms with Crippen molar-refractivity contribution in [1.29, 1.82) is 0 Å². The molecule has 29 heavy (non-hydrogen) atoms. The van der Waals surface area contributed by atoms with Crippen molar-refractivity contribution in [3.05, 3.63) is 81.9 Å². The molecule has 0 amide bonds. The van der Waals surface area contributed by atoms with E-state index in [1.54, 1.807) is 0 Å². The molecule has 0 saturated carbocycles. The highest BCUT2D eigenvalue weighted by Gasteiger charge is 2.40. The molecule has 0 bridgehead atoms. The summed E-state index contributed by atoms with van der Waals surface area (Å²) in [7, 11) is -1.87. The highest BCUT2D eigenvalue weighted by atomic mass is 31.1. The number of aryl methyl sites for hydroxylation is 6. The minimum absolute atomic E-state index is 0.724. The second kappa shape index (κ2) is 7.86. The summed E-state index contributed by atoms with van der Waals surface area (Å²) in [5.41, 5.74) is 7.48. The van der Waals surface area contributed by atoms with Crippen LogP contribution in [0.15, 0.2) is 48.5 Å². The third-order valence-electron chi connectivity index (χ3n) is 5.16. The molecule has 5 heteroatoms. The summed E-state index contributed by atoms with van der Waals surface area (Å²) < 4.78 is 18.5. The average molecular weight is 404 g/mol. The second-order valence-electron chi connectivity index (χ2n) is 7.87. The Morgan fingerprint density at radius 3 is 1.41 bits per heavy atom. The normalized spacial score (nSPS) is 12.7. The van der Waals surface area contributed by atoms with E-state index in [-0.39, 0.29) is 0 Å². The lowest BCUT2D eigenvalue weighted by atomic mass is 10.1. The zero-order chi connectivity index (χ0) is 20.7. The Bertz CT molecular complexity index is 951. The Labute approximate surface area is 175 Å². The molecular weight excluding hydrogens is 378 g/mol. The van der Waals surface area contributed by atoms with Crippen LogP contribution >= 0.6 is 8.15 Å². The van der Waals surface area contributed by atoms with Crippen molar-refractivity contribution in [2.24, 2.45) is 0 Å². The van der Waals surface area contributed by atoms with Gasteiger partial charge in [0.25, 0.3) is 0 Å². The van der Waals surface area contributed by atoms with Crippen LogP contribution in [0.1, 0.15) is 33.4 Å². The summed E-state index contributed by atoms with van der Waals surface area (Å²) in [6, 6.07) is 16.6. The van der Waals surface area contributed by atoms with Crippen molar-refractivity contribution in [2.75, 3.05) is 0 Å². The zero-order valence-electron chi connectivity index (χ0n) is 17.9. The van der Waals surface area contributed by atoms with Gasteiger partial charge in [-0.1, -0.05) is 47.5 Å². The standard InChI is InChI=1S/C24H26BO3P/c1-15-11-17(3)23(18(4)12-15)29(24-19(5)13-16(2)14-20(24)6)28-25-26-21-9-7-8-10-22(21)27-25/h7-14H,1-6H3. The van der Waals surface area contributed by atoms with Crippen LogP contribution in [0.3, 0.4) is 0 Å². The van der Waals surface area contributed by atoms with Crippen molar-refractivity contribution in [3.8, 4) is 11.5 Å². The minimum atomic E-state index is -1.12. The number of fused-ring (bicyclic) bond motifs is 1. The van der Waals surface area contributed by atoms with E-state index in [1.807, 2.05) is 24.3 Å². The second-order valence-corrected chi connectivity index (χ2v) is 9.56. The predicted octanol–water partition coefficient (Wildman–Crippen LogP) is 5.36. The molecule has 0 spiro atoms. The maximum absolute atomic E-state index is 6.59. The molecule has 0 N–H and O–H groups in total. The van der Waals surface area contributed by atoms with Gasteiger partial charge < -0.3 is 13.7 Å². The van der Waals surface area contributed by atoms with E-state index in [9.17, 15) is 0 Å². The molecule has 0 fully saturated rings. The quantitative estimate of drug-likeness (QED) is 0.433. The molecule has 1 heterocycles. The number of hydrogen-bond acceptors (Lipinski definition) is 3. The molecule has 0 saturated heterocycles. The van der Waals surface area contributed by atoms with Gasteiger partial charge in [-0.2, -0.15) is 0 Å². The molecule has 0 atom stereocenters. The molecule has 0 aliphatic carbocycles. The number of rotatable bonds is 4. The fraction of sp³-hybridized carbons (Fsp3) is 0.250. The highest BCUT2D eigenvalue weighted by molar-refractivity contribution is 7.69. The Balaban J connectivity index is 1.79. The summed E-state index contributed by atoms with van der Waals surface area (Å²) >= 11 is 0. The first-order chi connectivity index (χ1) is 13.8. The summed E-state index contributed by atoms with van der Waals surface area (Å²) in [5.74, 6) is 1.45. The van der Waals surface area contributed by atoms with Crippen molar-refractivity contribution < 1.29 is 13.7 Å². The highest BCUT2D eigenvalue weighted by Crippen LogP contribution is 2.43. The van der Waals surface area contributed by atoms with E-state index in [1.165, 1.54) is 44.0 Å². The fourth-order valence-electron chi connectivity index (χ4n) is 4.21. The van der Waals surface area contributed by atoms with Gasteiger partial charge in [0.05, 0.1) is 8.15 Å². The minimum Gasteiger partial charge on any atom is -0.497 e. The van der Waals surface area contributed by atoms with E-state index in [4.69, 9.17) is 13.7 Å². The SMILES string of the molecule is Cc1cc(C)c(P(OB2Oc3ccccc3O2)c2c(C)cc(C)cc2C)c(C)c1. The van der Waals surface area contributed by atoms with Gasteiger partial charge in [-0.05, 0) is 75.9 Å². The Hall–Kier alpha value is -2.29. The molecule has 148 valence electrons. The van der Waals surface area contributed by atoms with Crippen LogP contribution in [0.4, 0.5) is 0 Å². The first-order valence-corrected chi connectivity index (χ1v) is 11.1. The summed E-state index contributed by atoms with van der Waals surface area (Å²) in [6.45, 7) is 12.9. The van der Waals surface area contributed by atoms with Crippen molar-refractivity contribution >= 4 is 26.1 Å². The topological polar surface area (TPSA) is 27.7 Å². The lowest BCUT2D eigenvalue weighted by Crippen LogP contribution is -2.33. The van der Waals surface area contributed by atoms with Gasteiger partial charge in [0.1, 0.15) is 11.5 Å². The molecule has 0 unspecified atom stereocenters. The van der Waals surface area contributed by atoms with Crippen LogP contribution in [-0.2, 0) is 4.44 Å². The van der Waals surface area contributed by atoms with Crippen LogP contribution in [-0.4, -0.2) is 7.32 Å². The van der Waals surface area contributed by atoms with E-state index < -0.39 is 15.5 Å². The molecular formula is C24H26BO3P. The van der Waals surface area contributed by atoms with E-state index in [0.29, 0.717) is 0 Å². The van der Waals surface area contributed by atoms with Crippen LogP contribution in [0.2, 0.25) is 0 Å². The summed E-state index contributed by atoms with van der Waals surface area (Å²) in [4.78, 5) is 0. The van der Waals surface area contributed by atoms with Gasteiger partial charge in [0.2, 0.25) is 0 Å². The number of hydrogen-bond donors (Lipinski definition) is 0. The first-order valence-electron chi connectivity index (χ1n) is 9.88. The largest absolute Gasteiger partial charge is 0.792 e. The molecule has 1 aliphatic heterocycles. The van der Waals surface area contributed by atoms with Gasteiger partial charge in [-0.25, -0.2) is 0 Å². The van der Waals surface area contributed by atoms with Gasteiger partial charge in [-0.15, -0.1) is 0 Å². The van der Waals surface area contributed by atoms with Crippen molar-refractivity contribution in [1.82, 2.24) is 0 Å². The van der Waals surface area contributed by atoms with Crippen LogP contribution in [0.5, 0.6) is 11.5 Å². The maximum atomic E-state index is 6.59. The summed E-state index contributed by atoms with van der Waals surface area (Å²) in [6.07, 6.45) is 0. The molecule has 3 aromatic carbocycles. The predicted molar refractivity (Wildman–Crippen MR) is 122 cm³/mol. The Morgan fingerprint density at radius 2 is 1.03 bits per heavy atom. The number of para-hydroxylation sites is 2. The lowest BCUT2D eigenvalue weighted by molar-refractivity contribution is 0.373. The zero-order valence-corrected chi connectivity index (χ0v) is 18.8. The van der Waals surface area contributed by atoms with Gasteiger partial charge >= 0.3 is 7.32 Å². The van der Waals surface area contributed by atoms with Gasteiger partial charge in [-0.3, -0.25) is 0 Å². The fourth-order valence-corrected chi connectivity index (χ4v) is 6.44. The molecule has 3 aromatic rings. The molecule has 3 nitrogen and oxygen atoms in total. The van der Waals surface area contributed by atoms with E-state index >= 15 is 0 Å². The molecule has 0 aromatic heterocycles. The number of benzene rings is 3. The van der Waals surface area contributed by atoms with Crippen LogP contribution in [0.25, 0.3) is 0 Å². The van der Waals surface area contributed by atoms with E-state index in [2.05, 4.69) is 65.8 Å². The first kappa shape index (κ1) is 20.0. The Morgan fingerprint density at radius 1 is 0.655 bits per heavy atom. The van der Waals surface area contributed by atoms with Gasteiger partial charge in [0, 0.05) is 10.6 Å². The smallest absolute Gasteiger partial charge is 0.497 e.